The molecule has 0 amide bonds. The Morgan fingerprint density at radius 1 is 1.11 bits per heavy atom. The van der Waals surface area contributed by atoms with Crippen molar-refractivity contribution in [1.82, 2.24) is 9.97 Å². The second-order valence-corrected chi connectivity index (χ2v) is 3.86. The Morgan fingerprint density at radius 3 is 2.22 bits per heavy atom. The van der Waals surface area contributed by atoms with Gasteiger partial charge in [-0.25, -0.2) is 4.79 Å². The number of rotatable bonds is 2. The molecule has 0 radical (unpaired) electrons. The SMILES string of the molecule is CCc1[nH]c(=O)[nH]c1-c1ccc(C(F)(F)F)cc1. The molecular weight excluding hydrogens is 245 g/mol. The topological polar surface area (TPSA) is 48.6 Å². The van der Waals surface area contributed by atoms with Crippen LogP contribution in [0.5, 0.6) is 0 Å². The second-order valence-electron chi connectivity index (χ2n) is 3.86. The number of H-pyrrole nitrogens is 2. The third-order valence-corrected chi connectivity index (χ3v) is 2.66. The predicted molar refractivity (Wildman–Crippen MR) is 61.2 cm³/mol. The van der Waals surface area contributed by atoms with Gasteiger partial charge in [0.15, 0.2) is 0 Å². The number of hydrogen-bond acceptors (Lipinski definition) is 1. The summed E-state index contributed by atoms with van der Waals surface area (Å²) in [6, 6.07) is 4.70. The molecule has 6 heteroatoms. The van der Waals surface area contributed by atoms with Crippen molar-refractivity contribution in [3.63, 3.8) is 0 Å². The Bertz CT molecular complexity index is 593. The lowest BCUT2D eigenvalue weighted by Gasteiger charge is -2.07. The van der Waals surface area contributed by atoms with E-state index in [0.717, 1.165) is 12.1 Å². The third-order valence-electron chi connectivity index (χ3n) is 2.66. The van der Waals surface area contributed by atoms with E-state index in [2.05, 4.69) is 9.97 Å². The fourth-order valence-electron chi connectivity index (χ4n) is 1.76. The second kappa shape index (κ2) is 4.36. The molecule has 1 aromatic carbocycles. The van der Waals surface area contributed by atoms with Gasteiger partial charge in [-0.2, -0.15) is 13.2 Å². The van der Waals surface area contributed by atoms with Crippen LogP contribution in [0.4, 0.5) is 13.2 Å². The fraction of sp³-hybridized carbons (Fsp3) is 0.250. The maximum absolute atomic E-state index is 12.4. The highest BCUT2D eigenvalue weighted by atomic mass is 19.4. The van der Waals surface area contributed by atoms with E-state index in [4.69, 9.17) is 0 Å². The normalized spacial score (nSPS) is 11.8. The van der Waals surface area contributed by atoms with Crippen LogP contribution in [0, 0.1) is 0 Å². The lowest BCUT2D eigenvalue weighted by Crippen LogP contribution is -2.04. The molecule has 0 atom stereocenters. The van der Waals surface area contributed by atoms with E-state index in [1.807, 2.05) is 6.92 Å². The first-order chi connectivity index (χ1) is 8.41. The van der Waals surface area contributed by atoms with E-state index in [1.165, 1.54) is 12.1 Å². The minimum Gasteiger partial charge on any atom is -0.309 e. The number of alkyl halides is 3. The summed E-state index contributed by atoms with van der Waals surface area (Å²) in [4.78, 5) is 16.4. The largest absolute Gasteiger partial charge is 0.416 e. The third kappa shape index (κ3) is 2.32. The quantitative estimate of drug-likeness (QED) is 0.852. The molecule has 0 aliphatic carbocycles. The van der Waals surface area contributed by atoms with Gasteiger partial charge >= 0.3 is 11.9 Å². The number of imidazole rings is 1. The molecule has 2 N–H and O–H groups in total. The summed E-state index contributed by atoms with van der Waals surface area (Å²) in [7, 11) is 0. The van der Waals surface area contributed by atoms with Crippen molar-refractivity contribution >= 4 is 0 Å². The van der Waals surface area contributed by atoms with Crippen LogP contribution >= 0.6 is 0 Å². The lowest BCUT2D eigenvalue weighted by atomic mass is 10.1. The zero-order valence-electron chi connectivity index (χ0n) is 9.56. The molecule has 0 aliphatic heterocycles. The van der Waals surface area contributed by atoms with Gasteiger partial charge in [0.25, 0.3) is 0 Å². The molecule has 96 valence electrons. The average Bonchev–Trinajstić information content (AvgIpc) is 2.69. The molecule has 1 heterocycles. The standard InChI is InChI=1S/C12H11F3N2O/c1-2-9-10(17-11(18)16-9)7-3-5-8(6-4-7)12(13,14)15/h3-6H,2H2,1H3,(H2,16,17,18). The van der Waals surface area contributed by atoms with Gasteiger partial charge in [-0.15, -0.1) is 0 Å². The number of nitrogens with one attached hydrogen (secondary N) is 2. The van der Waals surface area contributed by atoms with E-state index >= 15 is 0 Å². The van der Waals surface area contributed by atoms with Crippen LogP contribution in [-0.2, 0) is 12.6 Å². The van der Waals surface area contributed by atoms with Gasteiger partial charge in [-0.3, -0.25) is 0 Å². The highest BCUT2D eigenvalue weighted by Gasteiger charge is 2.30. The summed E-state index contributed by atoms with van der Waals surface area (Å²) in [6.45, 7) is 1.85. The Hall–Kier alpha value is -1.98. The van der Waals surface area contributed by atoms with Crippen molar-refractivity contribution < 1.29 is 13.2 Å². The zero-order chi connectivity index (χ0) is 13.3. The Balaban J connectivity index is 2.43. The maximum atomic E-state index is 12.4. The Labute approximate surface area is 101 Å². The molecule has 2 aromatic rings. The summed E-state index contributed by atoms with van der Waals surface area (Å²) >= 11 is 0. The van der Waals surface area contributed by atoms with Gasteiger partial charge in [0, 0.05) is 5.69 Å². The average molecular weight is 256 g/mol. The molecule has 0 aliphatic rings. The smallest absolute Gasteiger partial charge is 0.309 e. The first kappa shape index (κ1) is 12.5. The Morgan fingerprint density at radius 2 is 1.72 bits per heavy atom. The van der Waals surface area contributed by atoms with Gasteiger partial charge in [0.1, 0.15) is 0 Å². The molecule has 2 rings (SSSR count). The summed E-state index contributed by atoms with van der Waals surface area (Å²) in [5.41, 5.74) is 0.707. The molecule has 0 saturated heterocycles. The molecule has 0 bridgehead atoms. The van der Waals surface area contributed by atoms with E-state index < -0.39 is 11.7 Å². The minimum atomic E-state index is -4.35. The van der Waals surface area contributed by atoms with Crippen LogP contribution < -0.4 is 5.69 Å². The van der Waals surface area contributed by atoms with E-state index in [1.54, 1.807) is 0 Å². The molecule has 1 aromatic heterocycles. The van der Waals surface area contributed by atoms with Crippen LogP contribution in [0.25, 0.3) is 11.3 Å². The molecule has 18 heavy (non-hydrogen) atoms. The maximum Gasteiger partial charge on any atom is 0.416 e. The summed E-state index contributed by atoms with van der Waals surface area (Å²) < 4.78 is 37.2. The first-order valence-electron chi connectivity index (χ1n) is 5.40. The molecule has 0 fully saturated rings. The number of aromatic amines is 2. The van der Waals surface area contributed by atoms with Crippen LogP contribution in [0.15, 0.2) is 29.1 Å². The van der Waals surface area contributed by atoms with E-state index in [-0.39, 0.29) is 5.69 Å². The highest BCUT2D eigenvalue weighted by Crippen LogP contribution is 2.30. The molecule has 3 nitrogen and oxygen atoms in total. The van der Waals surface area contributed by atoms with Gasteiger partial charge in [-0.1, -0.05) is 19.1 Å². The van der Waals surface area contributed by atoms with Crippen LogP contribution in [-0.4, -0.2) is 9.97 Å². The van der Waals surface area contributed by atoms with Gasteiger partial charge < -0.3 is 9.97 Å². The zero-order valence-corrected chi connectivity index (χ0v) is 9.56. The van der Waals surface area contributed by atoms with E-state index in [9.17, 15) is 18.0 Å². The number of halogens is 3. The summed E-state index contributed by atoms with van der Waals surface area (Å²) in [6.07, 6.45) is -3.76. The summed E-state index contributed by atoms with van der Waals surface area (Å²) in [5, 5.41) is 0. The number of hydrogen-bond donors (Lipinski definition) is 2. The first-order valence-corrected chi connectivity index (χ1v) is 5.40. The van der Waals surface area contributed by atoms with Crippen molar-refractivity contribution in [2.45, 2.75) is 19.5 Å². The van der Waals surface area contributed by atoms with Crippen molar-refractivity contribution in [3.05, 3.63) is 46.0 Å². The van der Waals surface area contributed by atoms with Gasteiger partial charge in [0.2, 0.25) is 0 Å². The lowest BCUT2D eigenvalue weighted by molar-refractivity contribution is -0.137. The van der Waals surface area contributed by atoms with Crippen LogP contribution in [0.3, 0.4) is 0 Å². The minimum absolute atomic E-state index is 0.359. The number of benzene rings is 1. The molecule has 0 unspecified atom stereocenters. The van der Waals surface area contributed by atoms with E-state index in [0.29, 0.717) is 23.4 Å². The predicted octanol–water partition coefficient (Wildman–Crippen LogP) is 2.95. The van der Waals surface area contributed by atoms with Crippen LogP contribution in [0.2, 0.25) is 0 Å². The van der Waals surface area contributed by atoms with Crippen molar-refractivity contribution in [1.29, 1.82) is 0 Å². The van der Waals surface area contributed by atoms with Crippen LogP contribution in [0.1, 0.15) is 18.2 Å². The molecule has 0 saturated carbocycles. The number of aryl methyl sites for hydroxylation is 1. The fourth-order valence-corrected chi connectivity index (χ4v) is 1.76. The molecule has 0 spiro atoms. The van der Waals surface area contributed by atoms with Crippen molar-refractivity contribution in [2.75, 3.05) is 0 Å². The van der Waals surface area contributed by atoms with Gasteiger partial charge in [-0.05, 0) is 24.1 Å². The van der Waals surface area contributed by atoms with Gasteiger partial charge in [0.05, 0.1) is 11.3 Å². The van der Waals surface area contributed by atoms with Crippen molar-refractivity contribution in [2.24, 2.45) is 0 Å². The monoisotopic (exact) mass is 256 g/mol. The summed E-state index contributed by atoms with van der Waals surface area (Å²) in [5.74, 6) is 0. The number of aromatic nitrogens is 2. The van der Waals surface area contributed by atoms with Crippen molar-refractivity contribution in [3.8, 4) is 11.3 Å². The highest BCUT2D eigenvalue weighted by molar-refractivity contribution is 5.62. The Kier molecular flexibility index (Phi) is 3.02. The molecular formula is C12H11F3N2O.